The van der Waals surface area contributed by atoms with Crippen molar-refractivity contribution in [3.63, 3.8) is 0 Å². The van der Waals surface area contributed by atoms with E-state index in [9.17, 15) is 9.90 Å². The molecule has 0 fully saturated rings. The van der Waals surface area contributed by atoms with Gasteiger partial charge in [0.25, 0.3) is 5.91 Å². The number of carbonyl (C=O) groups excluding carboxylic acids is 1. The van der Waals surface area contributed by atoms with Crippen LogP contribution in [0.25, 0.3) is 11.1 Å². The maximum Gasteiger partial charge on any atom is 0.277 e. The average Bonchev–Trinajstić information content (AvgIpc) is 2.76. The molecule has 0 heterocycles. The van der Waals surface area contributed by atoms with Gasteiger partial charge < -0.3 is 14.6 Å². The number of hydrogen-bond donors (Lipinski definition) is 2. The van der Waals surface area contributed by atoms with Gasteiger partial charge in [-0.3, -0.25) is 4.79 Å². The van der Waals surface area contributed by atoms with Crippen LogP contribution in [-0.2, 0) is 4.79 Å². The molecule has 0 unspecified atom stereocenters. The maximum absolute atomic E-state index is 11.9. The monoisotopic (exact) mass is 390 g/mol. The minimum Gasteiger partial charge on any atom is -0.504 e. The highest BCUT2D eigenvalue weighted by Gasteiger charge is 2.04. The van der Waals surface area contributed by atoms with Gasteiger partial charge in [0.05, 0.1) is 12.8 Å². The lowest BCUT2D eigenvalue weighted by Gasteiger charge is -2.07. The van der Waals surface area contributed by atoms with Crippen LogP contribution in [0.4, 0.5) is 0 Å². The van der Waals surface area contributed by atoms with Crippen molar-refractivity contribution in [3.8, 4) is 28.4 Å². The quantitative estimate of drug-likeness (QED) is 0.450. The summed E-state index contributed by atoms with van der Waals surface area (Å²) in [6.07, 6.45) is 1.47. The van der Waals surface area contributed by atoms with E-state index in [1.54, 1.807) is 12.1 Å². The molecular weight excluding hydrogens is 368 g/mol. The van der Waals surface area contributed by atoms with Crippen molar-refractivity contribution in [3.05, 3.63) is 78.4 Å². The van der Waals surface area contributed by atoms with Crippen molar-refractivity contribution in [2.24, 2.45) is 5.10 Å². The Hall–Kier alpha value is -3.80. The van der Waals surface area contributed by atoms with Crippen LogP contribution in [0, 0.1) is 0 Å². The number of carbonyl (C=O) groups is 1. The Kier molecular flexibility index (Phi) is 6.84. The first kappa shape index (κ1) is 19.9. The van der Waals surface area contributed by atoms with Gasteiger partial charge in [0.2, 0.25) is 0 Å². The lowest BCUT2D eigenvalue weighted by atomic mass is 10.1. The predicted octanol–water partition coefficient (Wildman–Crippen LogP) is 3.99. The van der Waals surface area contributed by atoms with Gasteiger partial charge >= 0.3 is 0 Å². The fourth-order valence-electron chi connectivity index (χ4n) is 2.62. The summed E-state index contributed by atoms with van der Waals surface area (Å²) in [6, 6.07) is 22.4. The smallest absolute Gasteiger partial charge is 0.277 e. The van der Waals surface area contributed by atoms with Crippen molar-refractivity contribution >= 4 is 12.1 Å². The normalized spacial score (nSPS) is 10.7. The third-order valence-electron chi connectivity index (χ3n) is 4.02. The van der Waals surface area contributed by atoms with Gasteiger partial charge in [0.15, 0.2) is 18.1 Å². The van der Waals surface area contributed by atoms with Crippen LogP contribution in [0.15, 0.2) is 77.9 Å². The van der Waals surface area contributed by atoms with Crippen molar-refractivity contribution in [1.29, 1.82) is 0 Å². The summed E-state index contributed by atoms with van der Waals surface area (Å²) in [6.45, 7) is 2.12. The molecule has 1 amide bonds. The van der Waals surface area contributed by atoms with Crippen molar-refractivity contribution < 1.29 is 19.4 Å². The number of phenols is 1. The van der Waals surface area contributed by atoms with Crippen molar-refractivity contribution in [1.82, 2.24) is 5.43 Å². The lowest BCUT2D eigenvalue weighted by molar-refractivity contribution is -0.123. The second kappa shape index (κ2) is 9.94. The molecule has 3 rings (SSSR count). The average molecular weight is 390 g/mol. The number of hydrazone groups is 1. The fourth-order valence-corrected chi connectivity index (χ4v) is 2.62. The summed E-state index contributed by atoms with van der Waals surface area (Å²) in [5.74, 6) is 0.644. The van der Waals surface area contributed by atoms with Gasteiger partial charge in [-0.1, -0.05) is 42.5 Å². The lowest BCUT2D eigenvalue weighted by Crippen LogP contribution is -2.24. The molecule has 0 spiro atoms. The van der Waals surface area contributed by atoms with Crippen molar-refractivity contribution in [2.45, 2.75) is 6.92 Å². The first-order chi connectivity index (χ1) is 14.2. The number of rotatable bonds is 8. The summed E-state index contributed by atoms with van der Waals surface area (Å²) >= 11 is 0. The highest BCUT2D eigenvalue weighted by atomic mass is 16.5. The largest absolute Gasteiger partial charge is 0.504 e. The van der Waals surface area contributed by atoms with E-state index < -0.39 is 0 Å². The van der Waals surface area contributed by atoms with Gasteiger partial charge in [-0.2, -0.15) is 5.10 Å². The van der Waals surface area contributed by atoms with Gasteiger partial charge in [-0.25, -0.2) is 5.43 Å². The van der Waals surface area contributed by atoms with E-state index in [1.807, 2.05) is 61.5 Å². The van der Waals surface area contributed by atoms with Crippen LogP contribution in [0.2, 0.25) is 0 Å². The topological polar surface area (TPSA) is 80.2 Å². The fraction of sp³-hybridized carbons (Fsp3) is 0.130. The minimum atomic E-state index is -0.378. The van der Waals surface area contributed by atoms with Crippen LogP contribution in [0.1, 0.15) is 12.5 Å². The molecular formula is C23H22N2O4. The van der Waals surface area contributed by atoms with E-state index in [4.69, 9.17) is 9.47 Å². The Bertz CT molecular complexity index is 970. The number of amides is 1. The molecule has 0 aliphatic heterocycles. The number of benzene rings is 3. The Balaban J connectivity index is 1.49. The van der Waals surface area contributed by atoms with Gasteiger partial charge in [-0.15, -0.1) is 0 Å². The number of phenolic OH excluding ortho intramolecular Hbond substituents is 1. The second-order valence-corrected chi connectivity index (χ2v) is 6.13. The zero-order chi connectivity index (χ0) is 20.5. The summed E-state index contributed by atoms with van der Waals surface area (Å²) in [5.41, 5.74) is 5.29. The highest BCUT2D eigenvalue weighted by Crippen LogP contribution is 2.26. The summed E-state index contributed by atoms with van der Waals surface area (Å²) < 4.78 is 10.8. The number of aromatic hydroxyl groups is 1. The Morgan fingerprint density at radius 2 is 1.72 bits per heavy atom. The minimum absolute atomic E-state index is 0.0553. The SMILES string of the molecule is CCOc1cc(/C=N/NC(=O)COc2ccc(-c3ccccc3)cc2)ccc1O. The zero-order valence-corrected chi connectivity index (χ0v) is 16.0. The van der Waals surface area contributed by atoms with E-state index in [0.717, 1.165) is 11.1 Å². The van der Waals surface area contributed by atoms with E-state index in [1.165, 1.54) is 12.3 Å². The second-order valence-electron chi connectivity index (χ2n) is 6.13. The molecule has 0 saturated carbocycles. The first-order valence-corrected chi connectivity index (χ1v) is 9.21. The van der Waals surface area contributed by atoms with Crippen LogP contribution in [0.3, 0.4) is 0 Å². The maximum atomic E-state index is 11.9. The Morgan fingerprint density at radius 3 is 2.45 bits per heavy atom. The highest BCUT2D eigenvalue weighted by molar-refractivity contribution is 5.83. The molecule has 29 heavy (non-hydrogen) atoms. The molecule has 0 radical (unpaired) electrons. The summed E-state index contributed by atoms with van der Waals surface area (Å²) in [7, 11) is 0. The van der Waals surface area contributed by atoms with E-state index in [0.29, 0.717) is 23.7 Å². The first-order valence-electron chi connectivity index (χ1n) is 9.21. The molecule has 0 aliphatic carbocycles. The van der Waals surface area contributed by atoms with Crippen LogP contribution < -0.4 is 14.9 Å². The molecule has 0 aromatic heterocycles. The van der Waals surface area contributed by atoms with E-state index in [2.05, 4.69) is 10.5 Å². The zero-order valence-electron chi connectivity index (χ0n) is 16.0. The van der Waals surface area contributed by atoms with E-state index >= 15 is 0 Å². The van der Waals surface area contributed by atoms with Gasteiger partial charge in [0.1, 0.15) is 5.75 Å². The molecule has 148 valence electrons. The number of hydrogen-bond acceptors (Lipinski definition) is 5. The molecule has 2 N–H and O–H groups in total. The summed E-state index contributed by atoms with van der Waals surface area (Å²) in [5, 5.41) is 13.6. The van der Waals surface area contributed by atoms with Gasteiger partial charge in [-0.05, 0) is 53.9 Å². The molecule has 3 aromatic rings. The van der Waals surface area contributed by atoms with E-state index in [-0.39, 0.29) is 18.3 Å². The standard InChI is InChI=1S/C23H22N2O4/c1-2-28-22-14-17(8-13-21(22)26)15-24-25-23(27)16-29-20-11-9-19(10-12-20)18-6-4-3-5-7-18/h3-15,26H,2,16H2,1H3,(H,25,27)/b24-15+. The molecule has 0 atom stereocenters. The molecule has 6 heteroatoms. The van der Waals surface area contributed by atoms with Gasteiger partial charge in [0, 0.05) is 0 Å². The number of ether oxygens (including phenoxy) is 2. The molecule has 3 aromatic carbocycles. The van der Waals surface area contributed by atoms with Crippen molar-refractivity contribution in [2.75, 3.05) is 13.2 Å². The third-order valence-corrected chi connectivity index (χ3v) is 4.02. The predicted molar refractivity (Wildman–Crippen MR) is 112 cm³/mol. The van der Waals surface area contributed by atoms with Crippen LogP contribution in [0.5, 0.6) is 17.2 Å². The molecule has 6 nitrogen and oxygen atoms in total. The number of nitrogens with zero attached hydrogens (tertiary/aromatic N) is 1. The van der Waals surface area contributed by atoms with Crippen LogP contribution >= 0.6 is 0 Å². The molecule has 0 aliphatic rings. The Morgan fingerprint density at radius 1 is 1.00 bits per heavy atom. The summed E-state index contributed by atoms with van der Waals surface area (Å²) in [4.78, 5) is 11.9. The molecule has 0 saturated heterocycles. The Labute approximate surface area is 169 Å². The molecule has 0 bridgehead atoms. The number of nitrogens with one attached hydrogen (secondary N) is 1. The third kappa shape index (κ3) is 5.84. The van der Waals surface area contributed by atoms with Crippen LogP contribution in [-0.4, -0.2) is 30.4 Å².